The first kappa shape index (κ1) is 21.9. The topological polar surface area (TPSA) is 73.4 Å². The summed E-state index contributed by atoms with van der Waals surface area (Å²) in [7, 11) is 1.63. The fraction of sp³-hybridized carbons (Fsp3) is 0.857. The van der Waals surface area contributed by atoms with Crippen LogP contribution in [0.3, 0.4) is 0 Å². The average Bonchev–Trinajstić information content (AvgIpc) is 2.98. The van der Waals surface area contributed by atoms with Crippen molar-refractivity contribution in [3.05, 3.63) is 0 Å². The van der Waals surface area contributed by atoms with Crippen LogP contribution < -0.4 is 0 Å². The largest absolute Gasteiger partial charge is 0.383 e. The summed E-state index contributed by atoms with van der Waals surface area (Å²) in [5, 5.41) is 0. The molecule has 0 aromatic heterocycles. The molecule has 0 unspecified atom stereocenters. The third-order valence-corrected chi connectivity index (χ3v) is 6.40. The van der Waals surface area contributed by atoms with E-state index in [0.29, 0.717) is 44.5 Å². The molecule has 164 valence electrons. The summed E-state index contributed by atoms with van der Waals surface area (Å²) < 4.78 is 5.16. The molecule has 29 heavy (non-hydrogen) atoms. The van der Waals surface area contributed by atoms with Crippen molar-refractivity contribution >= 4 is 17.8 Å². The Morgan fingerprint density at radius 3 is 2.41 bits per heavy atom. The Balaban J connectivity index is 1.69. The quantitative estimate of drug-likeness (QED) is 0.636. The maximum Gasteiger partial charge on any atom is 0.321 e. The minimum Gasteiger partial charge on any atom is -0.383 e. The maximum atomic E-state index is 13.2. The van der Waals surface area contributed by atoms with Crippen LogP contribution in [-0.2, 0) is 14.3 Å². The molecule has 0 spiro atoms. The molecule has 8 heteroatoms. The molecule has 0 aromatic carbocycles. The van der Waals surface area contributed by atoms with Crippen molar-refractivity contribution in [2.75, 3.05) is 53.0 Å². The zero-order valence-corrected chi connectivity index (χ0v) is 18.3. The van der Waals surface area contributed by atoms with Crippen LogP contribution in [0.15, 0.2) is 0 Å². The third-order valence-electron chi connectivity index (χ3n) is 6.40. The van der Waals surface area contributed by atoms with Gasteiger partial charge in [-0.15, -0.1) is 0 Å². The highest BCUT2D eigenvalue weighted by Crippen LogP contribution is 2.29. The normalized spacial score (nSPS) is 26.0. The van der Waals surface area contributed by atoms with Crippen LogP contribution >= 0.6 is 0 Å². The number of urea groups is 1. The van der Waals surface area contributed by atoms with E-state index in [1.807, 2.05) is 9.80 Å². The molecular formula is C21H36N4O4. The van der Waals surface area contributed by atoms with Gasteiger partial charge in [-0.3, -0.25) is 9.59 Å². The van der Waals surface area contributed by atoms with Gasteiger partial charge in [-0.1, -0.05) is 20.8 Å². The van der Waals surface area contributed by atoms with E-state index in [4.69, 9.17) is 4.74 Å². The number of rotatable bonds is 7. The fourth-order valence-corrected chi connectivity index (χ4v) is 4.66. The average molecular weight is 409 g/mol. The molecule has 4 amide bonds. The second-order valence-corrected chi connectivity index (χ2v) is 9.21. The summed E-state index contributed by atoms with van der Waals surface area (Å²) in [6.07, 6.45) is 2.68. The Hall–Kier alpha value is -1.83. The van der Waals surface area contributed by atoms with Crippen molar-refractivity contribution in [1.29, 1.82) is 0 Å². The van der Waals surface area contributed by atoms with Gasteiger partial charge in [0.05, 0.1) is 12.6 Å². The van der Waals surface area contributed by atoms with E-state index in [0.717, 1.165) is 25.9 Å². The van der Waals surface area contributed by atoms with E-state index in [1.54, 1.807) is 16.9 Å². The number of carbonyl (C=O) groups excluding carboxylic acids is 3. The van der Waals surface area contributed by atoms with E-state index in [9.17, 15) is 14.4 Å². The second-order valence-electron chi connectivity index (χ2n) is 9.21. The fourth-order valence-electron chi connectivity index (χ4n) is 4.66. The van der Waals surface area contributed by atoms with Gasteiger partial charge in [0.15, 0.2) is 0 Å². The van der Waals surface area contributed by atoms with Gasteiger partial charge in [0.1, 0.15) is 12.6 Å². The van der Waals surface area contributed by atoms with Gasteiger partial charge in [-0.25, -0.2) is 4.79 Å². The molecule has 3 rings (SSSR count). The lowest BCUT2D eigenvalue weighted by molar-refractivity contribution is -0.143. The highest BCUT2D eigenvalue weighted by molar-refractivity contribution is 5.92. The summed E-state index contributed by atoms with van der Waals surface area (Å²) in [5.74, 6) is 0.972. The van der Waals surface area contributed by atoms with Gasteiger partial charge < -0.3 is 24.3 Å². The first-order valence-electron chi connectivity index (χ1n) is 10.9. The summed E-state index contributed by atoms with van der Waals surface area (Å²) in [6, 6.07) is -0.678. The molecule has 3 aliphatic rings. The first-order chi connectivity index (χ1) is 13.8. The van der Waals surface area contributed by atoms with Crippen LogP contribution in [0.1, 0.15) is 40.0 Å². The summed E-state index contributed by atoms with van der Waals surface area (Å²) in [6.45, 7) is 10.0. The Morgan fingerprint density at radius 2 is 1.79 bits per heavy atom. The van der Waals surface area contributed by atoms with E-state index < -0.39 is 6.04 Å². The highest BCUT2D eigenvalue weighted by atomic mass is 16.5. The van der Waals surface area contributed by atoms with Gasteiger partial charge >= 0.3 is 6.03 Å². The van der Waals surface area contributed by atoms with Crippen molar-refractivity contribution in [2.24, 2.45) is 11.8 Å². The molecule has 0 aromatic rings. The smallest absolute Gasteiger partial charge is 0.321 e. The van der Waals surface area contributed by atoms with E-state index in [2.05, 4.69) is 20.8 Å². The molecule has 3 aliphatic heterocycles. The number of methoxy groups -OCH3 is 1. The van der Waals surface area contributed by atoms with Crippen molar-refractivity contribution in [3.63, 3.8) is 0 Å². The predicted molar refractivity (Wildman–Crippen MR) is 109 cm³/mol. The lowest BCUT2D eigenvalue weighted by Gasteiger charge is -2.42. The molecule has 0 aliphatic carbocycles. The molecule has 3 saturated heterocycles. The van der Waals surface area contributed by atoms with Crippen molar-refractivity contribution in [3.8, 4) is 0 Å². The standard InChI is InChI=1S/C21H36N4O4/c1-15(2)11-18-20(27)23(9-10-29-4)12-17-13-24(21(28)25(17)18)14-19(26)22-7-5-16(3)6-8-22/h15-18H,5-14H2,1-4H3/t17-,18+/m1/s1. The van der Waals surface area contributed by atoms with E-state index in [-0.39, 0.29) is 30.4 Å². The minimum absolute atomic E-state index is 0.00135. The van der Waals surface area contributed by atoms with Crippen molar-refractivity contribution < 1.29 is 19.1 Å². The van der Waals surface area contributed by atoms with Crippen LogP contribution in [0, 0.1) is 11.8 Å². The number of likely N-dealkylation sites (tertiary alicyclic amines) is 1. The summed E-state index contributed by atoms with van der Waals surface area (Å²) >= 11 is 0. The van der Waals surface area contributed by atoms with E-state index >= 15 is 0 Å². The Bertz CT molecular complexity index is 618. The number of piperidine rings is 1. The molecule has 2 atom stereocenters. The van der Waals surface area contributed by atoms with Gasteiger partial charge in [0.2, 0.25) is 11.8 Å². The van der Waals surface area contributed by atoms with Gasteiger partial charge in [-0.05, 0) is 31.1 Å². The number of amides is 4. The monoisotopic (exact) mass is 408 g/mol. The second kappa shape index (κ2) is 9.32. The summed E-state index contributed by atoms with van der Waals surface area (Å²) in [4.78, 5) is 46.1. The Morgan fingerprint density at radius 1 is 1.14 bits per heavy atom. The third kappa shape index (κ3) is 4.85. The molecule has 0 N–H and O–H groups in total. The number of ether oxygens (including phenoxy) is 1. The van der Waals surface area contributed by atoms with Crippen molar-refractivity contribution in [2.45, 2.75) is 52.1 Å². The van der Waals surface area contributed by atoms with Crippen molar-refractivity contribution in [1.82, 2.24) is 19.6 Å². The zero-order chi connectivity index (χ0) is 21.1. The first-order valence-corrected chi connectivity index (χ1v) is 10.9. The van der Waals surface area contributed by atoms with Crippen LogP contribution in [-0.4, -0.2) is 103 Å². The van der Waals surface area contributed by atoms with Gasteiger partial charge in [0.25, 0.3) is 0 Å². The van der Waals surface area contributed by atoms with Gasteiger partial charge in [-0.2, -0.15) is 0 Å². The van der Waals surface area contributed by atoms with E-state index in [1.165, 1.54) is 0 Å². The maximum absolute atomic E-state index is 13.2. The van der Waals surface area contributed by atoms with Gasteiger partial charge in [0, 0.05) is 39.8 Å². The number of carbonyl (C=O) groups is 3. The lowest BCUT2D eigenvalue weighted by Crippen LogP contribution is -2.61. The summed E-state index contributed by atoms with van der Waals surface area (Å²) in [5.41, 5.74) is 0. The molecule has 3 heterocycles. The molecule has 0 radical (unpaired) electrons. The Kier molecular flexibility index (Phi) is 7.03. The van der Waals surface area contributed by atoms with Crippen LogP contribution in [0.2, 0.25) is 0 Å². The number of piperazine rings is 1. The molecule has 8 nitrogen and oxygen atoms in total. The zero-order valence-electron chi connectivity index (χ0n) is 18.3. The lowest BCUT2D eigenvalue weighted by atomic mass is 9.97. The number of hydrogen-bond acceptors (Lipinski definition) is 4. The molecule has 0 saturated carbocycles. The molecule has 3 fully saturated rings. The van der Waals surface area contributed by atoms with Crippen LogP contribution in [0.25, 0.3) is 0 Å². The Labute approximate surface area is 174 Å². The predicted octanol–water partition coefficient (Wildman–Crippen LogP) is 1.25. The molecule has 0 bridgehead atoms. The minimum atomic E-state index is -0.450. The number of fused-ring (bicyclic) bond motifs is 1. The van der Waals surface area contributed by atoms with Crippen LogP contribution in [0.4, 0.5) is 4.79 Å². The number of hydrogen-bond donors (Lipinski definition) is 0. The highest BCUT2D eigenvalue weighted by Gasteiger charge is 2.49. The van der Waals surface area contributed by atoms with Crippen LogP contribution in [0.5, 0.6) is 0 Å². The SMILES string of the molecule is COCCN1C[C@@H]2CN(CC(=O)N3CCC(C)CC3)C(=O)N2[C@@H](CC(C)C)C1=O. The number of nitrogens with zero attached hydrogens (tertiary/aromatic N) is 4. The molecular weight excluding hydrogens is 372 g/mol.